The fraction of sp³-hybridized carbons (Fsp3) is 0.500. The Bertz CT molecular complexity index is 479. The third-order valence-corrected chi connectivity index (χ3v) is 4.09. The van der Waals surface area contributed by atoms with Gasteiger partial charge in [0.15, 0.2) is 0 Å². The normalized spacial score (nSPS) is 19.6. The molecule has 0 aromatic heterocycles. The van der Waals surface area contributed by atoms with Crippen molar-refractivity contribution in [3.8, 4) is 0 Å². The minimum atomic E-state index is -0.991. The predicted octanol–water partition coefficient (Wildman–Crippen LogP) is 2.57. The lowest BCUT2D eigenvalue weighted by atomic mass is 10.1. The summed E-state index contributed by atoms with van der Waals surface area (Å²) < 4.78 is 0. The molecule has 0 spiro atoms. The first kappa shape index (κ1) is 14.2. The number of hydrogen-bond acceptors (Lipinski definition) is 3. The van der Waals surface area contributed by atoms with Gasteiger partial charge in [-0.05, 0) is 44.6 Å². The Morgan fingerprint density at radius 1 is 1.58 bits per heavy atom. The van der Waals surface area contributed by atoms with Crippen LogP contribution in [-0.2, 0) is 0 Å². The lowest BCUT2D eigenvalue weighted by molar-refractivity contribution is 0.0697. The molecule has 0 saturated carbocycles. The fourth-order valence-electron chi connectivity index (χ4n) is 2.55. The van der Waals surface area contributed by atoms with Gasteiger partial charge in [-0.25, -0.2) is 4.79 Å². The Morgan fingerprint density at radius 3 is 2.84 bits per heavy atom. The average molecular weight is 283 g/mol. The number of carbonyl (C=O) groups is 1. The van der Waals surface area contributed by atoms with Gasteiger partial charge in [0, 0.05) is 25.3 Å². The third-order valence-electron chi connectivity index (χ3n) is 3.78. The van der Waals surface area contributed by atoms with E-state index in [1.807, 2.05) is 13.1 Å². The largest absolute Gasteiger partial charge is 0.478 e. The molecule has 1 aliphatic rings. The lowest BCUT2D eigenvalue weighted by Crippen LogP contribution is -2.36. The van der Waals surface area contributed by atoms with Gasteiger partial charge in [-0.15, -0.1) is 0 Å². The Morgan fingerprint density at radius 2 is 2.32 bits per heavy atom. The summed E-state index contributed by atoms with van der Waals surface area (Å²) in [4.78, 5) is 15.4. The van der Waals surface area contributed by atoms with E-state index in [0.717, 1.165) is 18.8 Å². The van der Waals surface area contributed by atoms with Crippen LogP contribution in [-0.4, -0.2) is 49.2 Å². The molecule has 4 nitrogen and oxygen atoms in total. The molecule has 0 radical (unpaired) electrons. The highest BCUT2D eigenvalue weighted by Crippen LogP contribution is 2.25. The maximum atomic E-state index is 10.9. The van der Waals surface area contributed by atoms with Gasteiger partial charge < -0.3 is 14.9 Å². The van der Waals surface area contributed by atoms with Gasteiger partial charge >= 0.3 is 5.97 Å². The number of carboxylic acid groups (broad SMARTS) is 1. The molecule has 2 rings (SSSR count). The van der Waals surface area contributed by atoms with Crippen molar-refractivity contribution in [2.75, 3.05) is 32.1 Å². The first-order valence-corrected chi connectivity index (χ1v) is 6.81. The van der Waals surface area contributed by atoms with E-state index in [1.165, 1.54) is 12.8 Å². The molecule has 1 aromatic carbocycles. The Kier molecular flexibility index (Phi) is 4.32. The number of aromatic carboxylic acids is 1. The van der Waals surface area contributed by atoms with Crippen LogP contribution in [0.5, 0.6) is 0 Å². The number of halogens is 1. The molecule has 1 aromatic rings. The Balaban J connectivity index is 2.09. The molecule has 1 aliphatic heterocycles. The molecular formula is C14H19ClN2O2. The molecule has 1 atom stereocenters. The van der Waals surface area contributed by atoms with Crippen molar-refractivity contribution in [1.82, 2.24) is 4.90 Å². The van der Waals surface area contributed by atoms with Gasteiger partial charge in [-0.2, -0.15) is 0 Å². The molecule has 0 bridgehead atoms. The van der Waals surface area contributed by atoms with Gasteiger partial charge in [-0.3, -0.25) is 0 Å². The van der Waals surface area contributed by atoms with Crippen LogP contribution in [0.25, 0.3) is 0 Å². The van der Waals surface area contributed by atoms with E-state index in [-0.39, 0.29) is 10.6 Å². The first-order valence-electron chi connectivity index (χ1n) is 6.43. The molecular weight excluding hydrogens is 264 g/mol. The predicted molar refractivity (Wildman–Crippen MR) is 77.3 cm³/mol. The molecule has 0 aliphatic carbocycles. The minimum Gasteiger partial charge on any atom is -0.478 e. The molecule has 1 saturated heterocycles. The van der Waals surface area contributed by atoms with Crippen molar-refractivity contribution in [2.24, 2.45) is 0 Å². The second kappa shape index (κ2) is 5.80. The van der Waals surface area contributed by atoms with E-state index in [0.29, 0.717) is 6.04 Å². The van der Waals surface area contributed by atoms with Gasteiger partial charge in [0.05, 0.1) is 10.6 Å². The second-order valence-corrected chi connectivity index (χ2v) is 5.53. The zero-order valence-electron chi connectivity index (χ0n) is 11.3. The number of anilines is 1. The van der Waals surface area contributed by atoms with Crippen LogP contribution >= 0.6 is 11.6 Å². The van der Waals surface area contributed by atoms with Crippen LogP contribution in [0, 0.1) is 0 Å². The maximum Gasteiger partial charge on any atom is 0.337 e. The van der Waals surface area contributed by atoms with Gasteiger partial charge in [0.2, 0.25) is 0 Å². The smallest absolute Gasteiger partial charge is 0.337 e. The molecule has 1 fully saturated rings. The van der Waals surface area contributed by atoms with Gasteiger partial charge in [0.25, 0.3) is 0 Å². The summed E-state index contributed by atoms with van der Waals surface area (Å²) in [5.41, 5.74) is 1.10. The van der Waals surface area contributed by atoms with Crippen LogP contribution in [0.1, 0.15) is 23.2 Å². The van der Waals surface area contributed by atoms with Crippen LogP contribution in [0.2, 0.25) is 5.02 Å². The average Bonchev–Trinajstić information content (AvgIpc) is 2.74. The van der Waals surface area contributed by atoms with Crippen LogP contribution in [0.4, 0.5) is 5.69 Å². The van der Waals surface area contributed by atoms with Gasteiger partial charge in [-0.1, -0.05) is 11.6 Å². The molecule has 1 unspecified atom stereocenters. The molecule has 5 heteroatoms. The molecule has 19 heavy (non-hydrogen) atoms. The number of carboxylic acids is 1. The van der Waals surface area contributed by atoms with Crippen molar-refractivity contribution in [3.05, 3.63) is 28.8 Å². The summed E-state index contributed by atoms with van der Waals surface area (Å²) >= 11 is 6.00. The summed E-state index contributed by atoms with van der Waals surface area (Å²) in [5, 5.41) is 9.24. The van der Waals surface area contributed by atoms with Gasteiger partial charge in [0.1, 0.15) is 0 Å². The van der Waals surface area contributed by atoms with E-state index in [9.17, 15) is 4.79 Å². The van der Waals surface area contributed by atoms with E-state index in [2.05, 4.69) is 16.8 Å². The minimum absolute atomic E-state index is 0.150. The van der Waals surface area contributed by atoms with E-state index in [1.54, 1.807) is 12.1 Å². The summed E-state index contributed by atoms with van der Waals surface area (Å²) in [7, 11) is 4.16. The van der Waals surface area contributed by atoms with Crippen LogP contribution in [0.3, 0.4) is 0 Å². The number of nitrogens with zero attached hydrogens (tertiary/aromatic N) is 2. The third kappa shape index (κ3) is 3.19. The monoisotopic (exact) mass is 282 g/mol. The van der Waals surface area contributed by atoms with Crippen molar-refractivity contribution in [2.45, 2.75) is 18.9 Å². The standard InChI is InChI=1S/C14H19ClN2O2/c1-16-7-3-4-11(16)9-17(2)10-5-6-12(14(18)19)13(15)8-10/h5-6,8,11H,3-4,7,9H2,1-2H3,(H,18,19). The summed E-state index contributed by atoms with van der Waals surface area (Å²) in [6.45, 7) is 2.08. The summed E-state index contributed by atoms with van der Waals surface area (Å²) in [5.74, 6) is -0.991. The van der Waals surface area contributed by atoms with Crippen molar-refractivity contribution < 1.29 is 9.90 Å². The number of likely N-dealkylation sites (N-methyl/N-ethyl adjacent to an activating group) is 2. The summed E-state index contributed by atoms with van der Waals surface area (Å²) in [6.07, 6.45) is 2.45. The van der Waals surface area contributed by atoms with Crippen molar-refractivity contribution in [1.29, 1.82) is 0 Å². The van der Waals surface area contributed by atoms with E-state index in [4.69, 9.17) is 16.7 Å². The van der Waals surface area contributed by atoms with Crippen LogP contribution in [0.15, 0.2) is 18.2 Å². The second-order valence-electron chi connectivity index (χ2n) is 5.13. The van der Waals surface area contributed by atoms with E-state index >= 15 is 0 Å². The zero-order chi connectivity index (χ0) is 14.0. The zero-order valence-corrected chi connectivity index (χ0v) is 12.0. The highest BCUT2D eigenvalue weighted by Gasteiger charge is 2.22. The highest BCUT2D eigenvalue weighted by atomic mass is 35.5. The highest BCUT2D eigenvalue weighted by molar-refractivity contribution is 6.33. The van der Waals surface area contributed by atoms with E-state index < -0.39 is 5.97 Å². The topological polar surface area (TPSA) is 43.8 Å². The van der Waals surface area contributed by atoms with Crippen molar-refractivity contribution >= 4 is 23.3 Å². The lowest BCUT2D eigenvalue weighted by Gasteiger charge is -2.27. The first-order chi connectivity index (χ1) is 8.99. The van der Waals surface area contributed by atoms with Crippen LogP contribution < -0.4 is 4.90 Å². The fourth-order valence-corrected chi connectivity index (χ4v) is 2.80. The Labute approximate surface area is 118 Å². The Hall–Kier alpha value is -1.26. The maximum absolute atomic E-state index is 10.9. The molecule has 104 valence electrons. The number of likely N-dealkylation sites (tertiary alicyclic amines) is 1. The SMILES string of the molecule is CN(CC1CCCN1C)c1ccc(C(=O)O)c(Cl)c1. The molecule has 0 amide bonds. The quantitative estimate of drug-likeness (QED) is 0.922. The molecule has 1 heterocycles. The summed E-state index contributed by atoms with van der Waals surface area (Å²) in [6, 6.07) is 5.65. The number of benzene rings is 1. The molecule has 1 N–H and O–H groups in total. The van der Waals surface area contributed by atoms with Crippen molar-refractivity contribution in [3.63, 3.8) is 0 Å². The number of rotatable bonds is 4. The number of hydrogen-bond donors (Lipinski definition) is 1.